The van der Waals surface area contributed by atoms with E-state index in [1.807, 2.05) is 0 Å². The van der Waals surface area contributed by atoms with Gasteiger partial charge in [0.25, 0.3) is 5.91 Å². The van der Waals surface area contributed by atoms with Crippen molar-refractivity contribution < 1.29 is 14.3 Å². The van der Waals surface area contributed by atoms with Crippen molar-refractivity contribution in [3.63, 3.8) is 0 Å². The summed E-state index contributed by atoms with van der Waals surface area (Å²) in [5.41, 5.74) is 5.64. The van der Waals surface area contributed by atoms with E-state index in [0.29, 0.717) is 22.0 Å². The van der Waals surface area contributed by atoms with Gasteiger partial charge in [-0.1, -0.05) is 11.6 Å². The van der Waals surface area contributed by atoms with Crippen LogP contribution in [0.2, 0.25) is 5.02 Å². The van der Waals surface area contributed by atoms with Crippen molar-refractivity contribution >= 4 is 23.4 Å². The third-order valence-corrected chi connectivity index (χ3v) is 2.99. The zero-order valence-electron chi connectivity index (χ0n) is 11.3. The lowest BCUT2D eigenvalue weighted by atomic mass is 10.1. The van der Waals surface area contributed by atoms with Gasteiger partial charge < -0.3 is 9.72 Å². The molecule has 0 radical (unpaired) electrons. The van der Waals surface area contributed by atoms with Gasteiger partial charge in [0, 0.05) is 16.8 Å². The Kier molecular flexibility index (Phi) is 4.84. The van der Waals surface area contributed by atoms with Crippen molar-refractivity contribution in [1.82, 2.24) is 15.8 Å². The van der Waals surface area contributed by atoms with E-state index in [1.165, 1.54) is 7.11 Å². The van der Waals surface area contributed by atoms with Crippen LogP contribution in [0.25, 0.3) is 0 Å². The molecule has 0 spiro atoms. The molecule has 0 aliphatic rings. The molecular weight excluding hydrogens is 294 g/mol. The Hall–Kier alpha value is -2.47. The molecule has 2 amide bonds. The molecule has 2 aromatic rings. The maximum Gasteiger partial charge on any atom is 0.286 e. The number of hydrogen-bond donors (Lipinski definition) is 3. The summed E-state index contributed by atoms with van der Waals surface area (Å²) in [5, 5.41) is 0.508. The van der Waals surface area contributed by atoms with E-state index in [0.717, 1.165) is 0 Å². The van der Waals surface area contributed by atoms with E-state index in [2.05, 4.69) is 15.8 Å². The second-order valence-electron chi connectivity index (χ2n) is 4.22. The van der Waals surface area contributed by atoms with Gasteiger partial charge in [-0.3, -0.25) is 20.4 Å². The van der Waals surface area contributed by atoms with E-state index in [1.54, 1.807) is 36.5 Å². The number of hydrazine groups is 1. The molecule has 0 aliphatic heterocycles. The molecule has 0 saturated heterocycles. The third kappa shape index (κ3) is 4.00. The summed E-state index contributed by atoms with van der Waals surface area (Å²) in [6.45, 7) is 0. The number of halogens is 1. The zero-order chi connectivity index (χ0) is 15.2. The average Bonchev–Trinajstić information content (AvgIpc) is 2.99. The molecule has 1 aromatic carbocycles. The molecule has 7 heteroatoms. The summed E-state index contributed by atoms with van der Waals surface area (Å²) in [6.07, 6.45) is 1.66. The Morgan fingerprint density at radius 1 is 1.29 bits per heavy atom. The normalized spacial score (nSPS) is 10.0. The highest BCUT2D eigenvalue weighted by molar-refractivity contribution is 6.30. The first-order chi connectivity index (χ1) is 10.1. The van der Waals surface area contributed by atoms with E-state index >= 15 is 0 Å². The Balaban J connectivity index is 1.93. The molecule has 110 valence electrons. The van der Waals surface area contributed by atoms with Crippen LogP contribution >= 0.6 is 11.6 Å². The molecule has 6 nitrogen and oxygen atoms in total. The molecule has 0 bridgehead atoms. The lowest BCUT2D eigenvalue weighted by Crippen LogP contribution is -2.42. The Morgan fingerprint density at radius 3 is 2.76 bits per heavy atom. The molecule has 1 aromatic heterocycles. The van der Waals surface area contributed by atoms with Crippen LogP contribution in [0.15, 0.2) is 36.5 Å². The summed E-state index contributed by atoms with van der Waals surface area (Å²) in [4.78, 5) is 26.2. The number of H-pyrrole nitrogens is 1. The number of benzene rings is 1. The Bertz CT molecular complexity index is 641. The maximum atomic E-state index is 11.8. The molecule has 0 atom stereocenters. The number of hydrogen-bond acceptors (Lipinski definition) is 3. The minimum Gasteiger partial charge on any atom is -0.496 e. The van der Waals surface area contributed by atoms with Gasteiger partial charge in [0.15, 0.2) is 0 Å². The molecule has 0 unspecified atom stereocenters. The zero-order valence-corrected chi connectivity index (χ0v) is 12.0. The lowest BCUT2D eigenvalue weighted by molar-refractivity contribution is -0.121. The number of amides is 2. The van der Waals surface area contributed by atoms with Gasteiger partial charge in [-0.15, -0.1) is 0 Å². The number of rotatable bonds is 4. The van der Waals surface area contributed by atoms with E-state index < -0.39 is 5.91 Å². The number of carbonyl (C=O) groups excluding carboxylic acids is 2. The Labute approximate surface area is 126 Å². The van der Waals surface area contributed by atoms with Crippen molar-refractivity contribution in [2.24, 2.45) is 0 Å². The molecule has 21 heavy (non-hydrogen) atoms. The summed E-state index contributed by atoms with van der Waals surface area (Å²) in [5.74, 6) is -0.243. The fourth-order valence-electron chi connectivity index (χ4n) is 1.77. The predicted molar refractivity (Wildman–Crippen MR) is 78.1 cm³/mol. The fraction of sp³-hybridized carbons (Fsp3) is 0.143. The van der Waals surface area contributed by atoms with E-state index in [-0.39, 0.29) is 12.3 Å². The smallest absolute Gasteiger partial charge is 0.286 e. The number of nitrogens with one attached hydrogen (secondary N) is 3. The number of ether oxygens (including phenoxy) is 1. The van der Waals surface area contributed by atoms with Crippen molar-refractivity contribution in [2.45, 2.75) is 6.42 Å². The quantitative estimate of drug-likeness (QED) is 0.752. The standard InChI is InChI=1S/C14H14ClN3O3/c1-21-12-5-4-10(15)7-9(12)8-13(19)17-18-14(20)11-3-2-6-16-11/h2-7,16H,8H2,1H3,(H,17,19)(H,18,20). The van der Waals surface area contributed by atoms with Crippen LogP contribution in [0.5, 0.6) is 5.75 Å². The number of aromatic amines is 1. The molecule has 0 saturated carbocycles. The second-order valence-corrected chi connectivity index (χ2v) is 4.66. The van der Waals surface area contributed by atoms with Crippen LogP contribution in [0.3, 0.4) is 0 Å². The highest BCUT2D eigenvalue weighted by atomic mass is 35.5. The molecule has 1 heterocycles. The minimum atomic E-state index is -0.425. The monoisotopic (exact) mass is 307 g/mol. The number of methoxy groups -OCH3 is 1. The minimum absolute atomic E-state index is 0.0364. The first kappa shape index (κ1) is 14.9. The topological polar surface area (TPSA) is 83.2 Å². The van der Waals surface area contributed by atoms with Crippen LogP contribution < -0.4 is 15.6 Å². The van der Waals surface area contributed by atoms with Crippen molar-refractivity contribution in [2.75, 3.05) is 7.11 Å². The summed E-state index contributed by atoms with van der Waals surface area (Å²) in [6, 6.07) is 8.29. The molecule has 0 fully saturated rings. The second kappa shape index (κ2) is 6.81. The molecular formula is C14H14ClN3O3. The lowest BCUT2D eigenvalue weighted by Gasteiger charge is -2.10. The molecule has 3 N–H and O–H groups in total. The summed E-state index contributed by atoms with van der Waals surface area (Å²) < 4.78 is 5.15. The van der Waals surface area contributed by atoms with Gasteiger partial charge in [-0.2, -0.15) is 0 Å². The van der Waals surface area contributed by atoms with Gasteiger partial charge in [0.1, 0.15) is 11.4 Å². The predicted octanol–water partition coefficient (Wildman–Crippen LogP) is 1.68. The summed E-state index contributed by atoms with van der Waals surface area (Å²) in [7, 11) is 1.51. The van der Waals surface area contributed by atoms with E-state index in [4.69, 9.17) is 16.3 Å². The SMILES string of the molecule is COc1ccc(Cl)cc1CC(=O)NNC(=O)c1ccc[nH]1. The van der Waals surface area contributed by atoms with Gasteiger partial charge in [-0.25, -0.2) is 0 Å². The first-order valence-electron chi connectivity index (χ1n) is 6.15. The van der Waals surface area contributed by atoms with E-state index in [9.17, 15) is 9.59 Å². The van der Waals surface area contributed by atoms with Crippen molar-refractivity contribution in [1.29, 1.82) is 0 Å². The van der Waals surface area contributed by atoms with Gasteiger partial charge in [0.05, 0.1) is 13.5 Å². The largest absolute Gasteiger partial charge is 0.496 e. The van der Waals surface area contributed by atoms with Crippen molar-refractivity contribution in [3.8, 4) is 5.75 Å². The number of aromatic nitrogens is 1. The van der Waals surface area contributed by atoms with Gasteiger partial charge in [-0.05, 0) is 30.3 Å². The van der Waals surface area contributed by atoms with Crippen LogP contribution in [0.4, 0.5) is 0 Å². The maximum absolute atomic E-state index is 11.8. The summed E-state index contributed by atoms with van der Waals surface area (Å²) >= 11 is 5.89. The first-order valence-corrected chi connectivity index (χ1v) is 6.53. The highest BCUT2D eigenvalue weighted by Crippen LogP contribution is 2.22. The molecule has 0 aliphatic carbocycles. The molecule has 2 rings (SSSR count). The third-order valence-electron chi connectivity index (χ3n) is 2.75. The average molecular weight is 308 g/mol. The fourth-order valence-corrected chi connectivity index (χ4v) is 1.96. The van der Waals surface area contributed by atoms with Crippen LogP contribution in [0, 0.1) is 0 Å². The van der Waals surface area contributed by atoms with Gasteiger partial charge in [0.2, 0.25) is 5.91 Å². The van der Waals surface area contributed by atoms with Crippen LogP contribution in [-0.4, -0.2) is 23.9 Å². The van der Waals surface area contributed by atoms with Crippen LogP contribution in [-0.2, 0) is 11.2 Å². The Morgan fingerprint density at radius 2 is 2.10 bits per heavy atom. The van der Waals surface area contributed by atoms with Gasteiger partial charge >= 0.3 is 0 Å². The highest BCUT2D eigenvalue weighted by Gasteiger charge is 2.11. The van der Waals surface area contributed by atoms with Crippen LogP contribution in [0.1, 0.15) is 16.1 Å². The van der Waals surface area contributed by atoms with Crippen molar-refractivity contribution in [3.05, 3.63) is 52.8 Å². The number of carbonyl (C=O) groups is 2.